The molecule has 0 aromatic carbocycles. The van der Waals surface area contributed by atoms with Gasteiger partial charge in [0.15, 0.2) is 8.32 Å². The van der Waals surface area contributed by atoms with Crippen molar-refractivity contribution in [2.45, 2.75) is 51.1 Å². The summed E-state index contributed by atoms with van der Waals surface area (Å²) >= 11 is 3.35. The maximum atomic E-state index is 10.00. The second kappa shape index (κ2) is 4.76. The van der Waals surface area contributed by atoms with E-state index in [0.29, 0.717) is 0 Å². The molecule has 92 valence electrons. The lowest BCUT2D eigenvalue weighted by Gasteiger charge is -2.40. The molecule has 1 rings (SSSR count). The van der Waals surface area contributed by atoms with Crippen molar-refractivity contribution in [1.29, 1.82) is 0 Å². The monoisotopic (exact) mass is 304 g/mol. The van der Waals surface area contributed by atoms with Crippen LogP contribution >= 0.6 is 15.9 Å². The fourth-order valence-electron chi connectivity index (χ4n) is 1.24. The first kappa shape index (κ1) is 14.2. The summed E-state index contributed by atoms with van der Waals surface area (Å²) in [4.78, 5) is 0. The van der Waals surface area contributed by atoms with Crippen molar-refractivity contribution in [3.8, 4) is 0 Å². The third kappa shape index (κ3) is 3.06. The second-order valence-corrected chi connectivity index (χ2v) is 11.4. The molecule has 4 heteroatoms. The maximum absolute atomic E-state index is 10.00. The molecule has 0 spiro atoms. The molecule has 2 nitrogen and oxygen atoms in total. The van der Waals surface area contributed by atoms with Crippen LogP contribution in [-0.2, 0) is 4.43 Å². The van der Waals surface area contributed by atoms with E-state index >= 15 is 0 Å². The first-order chi connectivity index (χ1) is 7.15. The largest absolute Gasteiger partial charge is 0.408 e. The van der Waals surface area contributed by atoms with E-state index in [9.17, 15) is 5.11 Å². The van der Waals surface area contributed by atoms with E-state index in [1.54, 1.807) is 0 Å². The lowest BCUT2D eigenvalue weighted by molar-refractivity contribution is 0.0841. The van der Waals surface area contributed by atoms with Gasteiger partial charge in [-0.05, 0) is 24.2 Å². The van der Waals surface area contributed by atoms with Crippen molar-refractivity contribution < 1.29 is 9.53 Å². The minimum Gasteiger partial charge on any atom is -0.408 e. The maximum Gasteiger partial charge on any atom is 0.193 e. The lowest BCUT2D eigenvalue weighted by Crippen LogP contribution is -2.46. The van der Waals surface area contributed by atoms with Gasteiger partial charge >= 0.3 is 0 Å². The molecular weight excluding hydrogens is 284 g/mol. The Balaban J connectivity index is 2.76. The fraction of sp³-hybridized carbons (Fsp3) is 0.667. The molecule has 1 aliphatic carbocycles. The van der Waals surface area contributed by atoms with Gasteiger partial charge in [0.2, 0.25) is 0 Å². The van der Waals surface area contributed by atoms with Crippen LogP contribution in [0.2, 0.25) is 18.1 Å². The van der Waals surface area contributed by atoms with E-state index in [0.717, 1.165) is 4.48 Å². The minimum atomic E-state index is -1.82. The molecule has 16 heavy (non-hydrogen) atoms. The Hall–Kier alpha value is 0.0969. The van der Waals surface area contributed by atoms with E-state index in [2.05, 4.69) is 49.8 Å². The van der Waals surface area contributed by atoms with Crippen LogP contribution in [0.15, 0.2) is 22.7 Å². The number of hydrogen-bond acceptors (Lipinski definition) is 2. The Kier molecular flexibility index (Phi) is 4.22. The van der Waals surface area contributed by atoms with E-state index < -0.39 is 14.4 Å². The average molecular weight is 305 g/mol. The smallest absolute Gasteiger partial charge is 0.193 e. The molecule has 1 aliphatic rings. The number of rotatable bonds is 2. The number of halogens is 1. The summed E-state index contributed by atoms with van der Waals surface area (Å²) in [6.07, 6.45) is 4.92. The Morgan fingerprint density at radius 1 is 1.38 bits per heavy atom. The molecule has 0 aliphatic heterocycles. The number of aliphatic hydroxyl groups is 1. The van der Waals surface area contributed by atoms with Gasteiger partial charge in [-0.3, -0.25) is 0 Å². The summed E-state index contributed by atoms with van der Waals surface area (Å²) in [6, 6.07) is 0. The van der Waals surface area contributed by atoms with E-state index in [1.807, 2.05) is 18.2 Å². The standard InChI is InChI=1S/C12H21BrO2Si/c1-12(2,3)16(4,5)15-10-8-6-7-9(13)11(10)14/h6-8,10-11,14H,1-5H3/t10-,11+/m0/s1. The van der Waals surface area contributed by atoms with Gasteiger partial charge in [0, 0.05) is 4.48 Å². The summed E-state index contributed by atoms with van der Waals surface area (Å²) in [5.41, 5.74) is 0. The van der Waals surface area contributed by atoms with Gasteiger partial charge in [-0.15, -0.1) is 0 Å². The molecule has 2 atom stereocenters. The Bertz CT molecular complexity index is 315. The van der Waals surface area contributed by atoms with Crippen LogP contribution in [0.1, 0.15) is 20.8 Å². The van der Waals surface area contributed by atoms with Gasteiger partial charge in [-0.25, -0.2) is 0 Å². The molecule has 0 aromatic rings. The lowest BCUT2D eigenvalue weighted by atomic mass is 10.1. The minimum absolute atomic E-state index is 0.161. The third-order valence-corrected chi connectivity index (χ3v) is 8.59. The summed E-state index contributed by atoms with van der Waals surface area (Å²) in [5.74, 6) is 0. The number of hydrogen-bond donors (Lipinski definition) is 1. The second-order valence-electron chi connectivity index (χ2n) is 5.72. The zero-order valence-electron chi connectivity index (χ0n) is 10.6. The molecular formula is C12H21BrO2Si. The molecule has 0 radical (unpaired) electrons. The van der Waals surface area contributed by atoms with Crippen molar-refractivity contribution in [1.82, 2.24) is 0 Å². The van der Waals surface area contributed by atoms with Crippen molar-refractivity contribution in [3.63, 3.8) is 0 Å². The molecule has 0 unspecified atom stereocenters. The molecule has 0 saturated heterocycles. The molecule has 0 aromatic heterocycles. The average Bonchev–Trinajstić information content (AvgIpc) is 2.11. The Labute approximate surface area is 108 Å². The summed E-state index contributed by atoms with van der Waals surface area (Å²) < 4.78 is 6.95. The van der Waals surface area contributed by atoms with E-state index in [4.69, 9.17) is 4.43 Å². The van der Waals surface area contributed by atoms with Crippen LogP contribution in [0.5, 0.6) is 0 Å². The van der Waals surface area contributed by atoms with Crippen LogP contribution < -0.4 is 0 Å². The Morgan fingerprint density at radius 3 is 2.44 bits per heavy atom. The zero-order chi connectivity index (χ0) is 12.6. The van der Waals surface area contributed by atoms with Crippen LogP contribution in [0.25, 0.3) is 0 Å². The summed E-state index contributed by atoms with van der Waals surface area (Å²) in [7, 11) is -1.82. The highest BCUT2D eigenvalue weighted by Gasteiger charge is 2.40. The number of aliphatic hydroxyl groups excluding tert-OH is 1. The topological polar surface area (TPSA) is 29.5 Å². The van der Waals surface area contributed by atoms with Crippen LogP contribution in [-0.4, -0.2) is 25.6 Å². The van der Waals surface area contributed by atoms with E-state index in [1.165, 1.54) is 0 Å². The quantitative estimate of drug-likeness (QED) is 0.790. The highest BCUT2D eigenvalue weighted by molar-refractivity contribution is 9.11. The highest BCUT2D eigenvalue weighted by atomic mass is 79.9. The third-order valence-electron chi connectivity index (χ3n) is 3.39. The number of allylic oxidation sites excluding steroid dienone is 2. The van der Waals surface area contributed by atoms with E-state index in [-0.39, 0.29) is 11.1 Å². The SMILES string of the molecule is CC(C)(C)[Si](C)(C)O[C@H]1C=CC=C(Br)[C@H]1O. The zero-order valence-corrected chi connectivity index (χ0v) is 13.2. The normalized spacial score (nSPS) is 26.8. The summed E-state index contributed by atoms with van der Waals surface area (Å²) in [5, 5.41) is 10.2. The molecule has 0 fully saturated rings. The van der Waals surface area contributed by atoms with Crippen molar-refractivity contribution in [3.05, 3.63) is 22.7 Å². The predicted molar refractivity (Wildman–Crippen MR) is 74.2 cm³/mol. The van der Waals surface area contributed by atoms with Crippen LogP contribution in [0.3, 0.4) is 0 Å². The van der Waals surface area contributed by atoms with Gasteiger partial charge in [0.25, 0.3) is 0 Å². The first-order valence-corrected chi connectivity index (χ1v) is 9.25. The molecule has 0 bridgehead atoms. The van der Waals surface area contributed by atoms with Crippen molar-refractivity contribution >= 4 is 24.2 Å². The predicted octanol–water partition coefficient (Wildman–Crippen LogP) is 3.59. The van der Waals surface area contributed by atoms with Crippen LogP contribution in [0, 0.1) is 0 Å². The van der Waals surface area contributed by atoms with Gasteiger partial charge in [0.05, 0.1) is 6.10 Å². The Morgan fingerprint density at radius 2 is 1.94 bits per heavy atom. The molecule has 1 N–H and O–H groups in total. The van der Waals surface area contributed by atoms with Gasteiger partial charge < -0.3 is 9.53 Å². The van der Waals surface area contributed by atoms with Gasteiger partial charge in [0.1, 0.15) is 6.10 Å². The molecule has 0 amide bonds. The molecule has 0 saturated carbocycles. The first-order valence-electron chi connectivity index (χ1n) is 5.55. The highest BCUT2D eigenvalue weighted by Crippen LogP contribution is 2.38. The van der Waals surface area contributed by atoms with Gasteiger partial charge in [-0.2, -0.15) is 0 Å². The van der Waals surface area contributed by atoms with Crippen LogP contribution in [0.4, 0.5) is 0 Å². The van der Waals surface area contributed by atoms with Crippen molar-refractivity contribution in [2.24, 2.45) is 0 Å². The van der Waals surface area contributed by atoms with Crippen molar-refractivity contribution in [2.75, 3.05) is 0 Å². The van der Waals surface area contributed by atoms with Gasteiger partial charge in [-0.1, -0.05) is 48.9 Å². The summed E-state index contributed by atoms with van der Waals surface area (Å²) in [6.45, 7) is 11.0. The fourth-order valence-corrected chi connectivity index (χ4v) is 2.89. The molecule has 0 heterocycles.